The Kier molecular flexibility index (Phi) is 8.83. The number of thioether (sulfide) groups is 1. The van der Waals surface area contributed by atoms with Crippen molar-refractivity contribution in [1.82, 2.24) is 5.32 Å². The number of aliphatic hydroxyl groups excluding tert-OH is 1. The molecular formula is C19H23ClN2O2S. The normalized spacial score (nSPS) is 10.6. The molecule has 25 heavy (non-hydrogen) atoms. The quantitative estimate of drug-likeness (QED) is 0.550. The predicted octanol–water partition coefficient (Wildman–Crippen LogP) is 3.80. The van der Waals surface area contributed by atoms with E-state index < -0.39 is 0 Å². The minimum absolute atomic E-state index is 0.151. The topological polar surface area (TPSA) is 61.4 Å². The Labute approximate surface area is 158 Å². The molecule has 0 spiro atoms. The first-order valence-electron chi connectivity index (χ1n) is 8.24. The van der Waals surface area contributed by atoms with Crippen molar-refractivity contribution in [2.45, 2.75) is 13.0 Å². The van der Waals surface area contributed by atoms with Crippen molar-refractivity contribution in [3.8, 4) is 0 Å². The summed E-state index contributed by atoms with van der Waals surface area (Å²) in [6.45, 7) is 1.93. The fourth-order valence-corrected chi connectivity index (χ4v) is 3.16. The predicted molar refractivity (Wildman–Crippen MR) is 107 cm³/mol. The highest BCUT2D eigenvalue weighted by Gasteiger charge is 2.06. The molecule has 0 aromatic heterocycles. The molecule has 2 aromatic carbocycles. The average Bonchev–Trinajstić information content (AvgIpc) is 2.62. The molecule has 0 saturated carbocycles. The summed E-state index contributed by atoms with van der Waals surface area (Å²) in [4.78, 5) is 12.2. The summed E-state index contributed by atoms with van der Waals surface area (Å²) in [6.07, 6.45) is 0.847. The van der Waals surface area contributed by atoms with Gasteiger partial charge in [-0.1, -0.05) is 23.7 Å². The molecule has 0 fully saturated rings. The molecule has 6 heteroatoms. The van der Waals surface area contributed by atoms with Crippen molar-refractivity contribution in [1.29, 1.82) is 0 Å². The lowest BCUT2D eigenvalue weighted by Gasteiger charge is -2.09. The first-order valence-corrected chi connectivity index (χ1v) is 9.77. The van der Waals surface area contributed by atoms with Crippen molar-refractivity contribution in [3.05, 3.63) is 64.7 Å². The van der Waals surface area contributed by atoms with Crippen LogP contribution in [0.3, 0.4) is 0 Å². The van der Waals surface area contributed by atoms with Crippen molar-refractivity contribution in [2.24, 2.45) is 0 Å². The summed E-state index contributed by atoms with van der Waals surface area (Å²) in [5.74, 6) is 1.86. The lowest BCUT2D eigenvalue weighted by atomic mass is 10.1. The second-order valence-electron chi connectivity index (χ2n) is 5.53. The standard InChI is InChI=1S/C19H23ClN2O2S/c20-17-7-5-16(6-8-17)19(24)22-18-4-1-3-15(13-18)14-21-9-12-25-11-2-10-23/h1,3-8,13,21,23H,2,9-12,14H2,(H,22,24). The Bertz CT molecular complexity index is 665. The molecule has 0 aliphatic rings. The zero-order valence-electron chi connectivity index (χ0n) is 14.0. The Morgan fingerprint density at radius 3 is 2.68 bits per heavy atom. The minimum atomic E-state index is -0.151. The van der Waals surface area contributed by atoms with Gasteiger partial charge in [-0.15, -0.1) is 0 Å². The molecule has 0 bridgehead atoms. The molecule has 2 rings (SSSR count). The smallest absolute Gasteiger partial charge is 0.255 e. The molecule has 0 atom stereocenters. The first kappa shape index (κ1) is 19.8. The number of hydrogen-bond donors (Lipinski definition) is 3. The van der Waals surface area contributed by atoms with Crippen LogP contribution in [0.15, 0.2) is 48.5 Å². The van der Waals surface area contributed by atoms with Crippen LogP contribution in [-0.4, -0.2) is 35.7 Å². The van der Waals surface area contributed by atoms with Crippen molar-refractivity contribution < 1.29 is 9.90 Å². The molecular weight excluding hydrogens is 356 g/mol. The van der Waals surface area contributed by atoms with Crippen molar-refractivity contribution in [2.75, 3.05) is 30.0 Å². The van der Waals surface area contributed by atoms with Gasteiger partial charge in [0.05, 0.1) is 0 Å². The van der Waals surface area contributed by atoms with E-state index in [9.17, 15) is 4.79 Å². The third-order valence-corrected chi connectivity index (χ3v) is 4.81. The molecule has 2 aromatic rings. The fourth-order valence-electron chi connectivity index (χ4n) is 2.21. The summed E-state index contributed by atoms with van der Waals surface area (Å²) in [5.41, 5.74) is 2.47. The highest BCUT2D eigenvalue weighted by atomic mass is 35.5. The molecule has 0 heterocycles. The minimum Gasteiger partial charge on any atom is -0.396 e. The zero-order valence-corrected chi connectivity index (χ0v) is 15.6. The van der Waals surface area contributed by atoms with Crippen molar-refractivity contribution >= 4 is 35.0 Å². The molecule has 0 saturated heterocycles. The maximum Gasteiger partial charge on any atom is 0.255 e. The number of rotatable bonds is 10. The van der Waals surface area contributed by atoms with Crippen molar-refractivity contribution in [3.63, 3.8) is 0 Å². The van der Waals surface area contributed by atoms with E-state index in [1.165, 1.54) is 0 Å². The van der Waals surface area contributed by atoms with Crippen LogP contribution >= 0.6 is 23.4 Å². The van der Waals surface area contributed by atoms with Gasteiger partial charge in [-0.3, -0.25) is 4.79 Å². The van der Waals surface area contributed by atoms with Gasteiger partial charge in [0, 0.05) is 41.7 Å². The molecule has 0 radical (unpaired) electrons. The van der Waals surface area contributed by atoms with Gasteiger partial charge in [0.2, 0.25) is 0 Å². The summed E-state index contributed by atoms with van der Waals surface area (Å²) in [6, 6.07) is 14.6. The number of halogens is 1. The Hall–Kier alpha value is -1.53. The summed E-state index contributed by atoms with van der Waals surface area (Å²) >= 11 is 7.68. The third-order valence-electron chi connectivity index (χ3n) is 3.49. The molecule has 0 aliphatic carbocycles. The Balaban J connectivity index is 1.78. The maximum absolute atomic E-state index is 12.2. The summed E-state index contributed by atoms with van der Waals surface area (Å²) in [5, 5.41) is 15.6. The molecule has 1 amide bonds. The van der Waals surface area contributed by atoms with E-state index in [0.717, 1.165) is 42.3 Å². The molecule has 3 N–H and O–H groups in total. The van der Waals surface area contributed by atoms with E-state index in [-0.39, 0.29) is 12.5 Å². The SMILES string of the molecule is O=C(Nc1cccc(CNCCSCCCO)c1)c1ccc(Cl)cc1. The Morgan fingerprint density at radius 1 is 1.12 bits per heavy atom. The van der Waals surface area contributed by atoms with Gasteiger partial charge >= 0.3 is 0 Å². The number of amides is 1. The second kappa shape index (κ2) is 11.2. The fraction of sp³-hybridized carbons (Fsp3) is 0.316. The van der Waals surface area contributed by atoms with E-state index in [1.54, 1.807) is 24.3 Å². The molecule has 0 unspecified atom stereocenters. The lowest BCUT2D eigenvalue weighted by Crippen LogP contribution is -2.17. The van der Waals surface area contributed by atoms with Crippen LogP contribution < -0.4 is 10.6 Å². The van der Waals surface area contributed by atoms with Gasteiger partial charge in [0.15, 0.2) is 0 Å². The maximum atomic E-state index is 12.2. The van der Waals surface area contributed by atoms with E-state index in [0.29, 0.717) is 10.6 Å². The van der Waals surface area contributed by atoms with Crippen LogP contribution in [0.4, 0.5) is 5.69 Å². The van der Waals surface area contributed by atoms with E-state index in [2.05, 4.69) is 10.6 Å². The average molecular weight is 379 g/mol. The van der Waals surface area contributed by atoms with Gasteiger partial charge in [-0.25, -0.2) is 0 Å². The van der Waals surface area contributed by atoms with Crippen LogP contribution in [0.1, 0.15) is 22.3 Å². The second-order valence-corrected chi connectivity index (χ2v) is 7.19. The van der Waals surface area contributed by atoms with Crippen LogP contribution in [0.2, 0.25) is 5.02 Å². The van der Waals surface area contributed by atoms with E-state index in [4.69, 9.17) is 16.7 Å². The van der Waals surface area contributed by atoms with E-state index in [1.807, 2.05) is 36.0 Å². The van der Waals surface area contributed by atoms with E-state index >= 15 is 0 Å². The van der Waals surface area contributed by atoms with Gasteiger partial charge in [0.25, 0.3) is 5.91 Å². The van der Waals surface area contributed by atoms with Gasteiger partial charge in [-0.2, -0.15) is 11.8 Å². The summed E-state index contributed by atoms with van der Waals surface area (Å²) in [7, 11) is 0. The number of aliphatic hydroxyl groups is 1. The molecule has 4 nitrogen and oxygen atoms in total. The number of nitrogens with one attached hydrogen (secondary N) is 2. The van der Waals surface area contributed by atoms with Gasteiger partial charge in [0.1, 0.15) is 0 Å². The number of carbonyl (C=O) groups is 1. The number of anilines is 1. The number of hydrogen-bond acceptors (Lipinski definition) is 4. The zero-order chi connectivity index (χ0) is 17.9. The van der Waals surface area contributed by atoms with Crippen LogP contribution in [-0.2, 0) is 6.54 Å². The molecule has 0 aliphatic heterocycles. The van der Waals surface area contributed by atoms with Gasteiger partial charge in [-0.05, 0) is 54.1 Å². The highest BCUT2D eigenvalue weighted by molar-refractivity contribution is 7.99. The highest BCUT2D eigenvalue weighted by Crippen LogP contribution is 2.14. The molecule has 134 valence electrons. The monoisotopic (exact) mass is 378 g/mol. The first-order chi connectivity index (χ1) is 12.2. The van der Waals surface area contributed by atoms with Crippen LogP contribution in [0.25, 0.3) is 0 Å². The number of benzene rings is 2. The van der Waals surface area contributed by atoms with Crippen LogP contribution in [0, 0.1) is 0 Å². The number of carbonyl (C=O) groups excluding carboxylic acids is 1. The van der Waals surface area contributed by atoms with Crippen LogP contribution in [0.5, 0.6) is 0 Å². The Morgan fingerprint density at radius 2 is 1.92 bits per heavy atom. The van der Waals surface area contributed by atoms with Gasteiger partial charge < -0.3 is 15.7 Å². The largest absolute Gasteiger partial charge is 0.396 e. The third kappa shape index (κ3) is 7.48. The summed E-state index contributed by atoms with van der Waals surface area (Å²) < 4.78 is 0. The lowest BCUT2D eigenvalue weighted by molar-refractivity contribution is 0.102.